The van der Waals surface area contributed by atoms with E-state index in [4.69, 9.17) is 15.7 Å². The second kappa shape index (κ2) is 3.48. The first-order chi connectivity index (χ1) is 6.04. The van der Waals surface area contributed by atoms with Crippen LogP contribution in [-0.2, 0) is 5.41 Å². The molecule has 0 aliphatic carbocycles. The zero-order valence-corrected chi connectivity index (χ0v) is 8.00. The molecule has 70 valence electrons. The Hall–Kier alpha value is -1.50. The average molecular weight is 180 g/mol. The van der Waals surface area contributed by atoms with E-state index in [1.165, 1.54) is 0 Å². The van der Waals surface area contributed by atoms with E-state index in [0.717, 1.165) is 0 Å². The Morgan fingerprint density at radius 3 is 2.69 bits per heavy atom. The molecule has 4 heteroatoms. The number of ether oxygens (including phenoxy) is 1. The minimum atomic E-state index is -0.138. The van der Waals surface area contributed by atoms with Crippen molar-refractivity contribution in [2.24, 2.45) is 0 Å². The van der Waals surface area contributed by atoms with E-state index >= 15 is 0 Å². The van der Waals surface area contributed by atoms with Gasteiger partial charge in [0.25, 0.3) is 0 Å². The number of aromatic nitrogens is 2. The first-order valence-electron chi connectivity index (χ1n) is 3.94. The van der Waals surface area contributed by atoms with Gasteiger partial charge in [0.1, 0.15) is 0 Å². The molecule has 0 fully saturated rings. The Labute approximate surface area is 77.3 Å². The number of terminal acetylenes is 1. The molecule has 1 heterocycles. The highest BCUT2D eigenvalue weighted by Gasteiger charge is 2.21. The lowest BCUT2D eigenvalue weighted by molar-refractivity contribution is 0.229. The summed E-state index contributed by atoms with van der Waals surface area (Å²) in [5, 5.41) is 3.76. The van der Waals surface area contributed by atoms with Crippen molar-refractivity contribution in [3.8, 4) is 18.4 Å². The third kappa shape index (κ3) is 2.48. The van der Waals surface area contributed by atoms with Crippen LogP contribution in [0.15, 0.2) is 4.52 Å². The lowest BCUT2D eigenvalue weighted by Crippen LogP contribution is -2.13. The van der Waals surface area contributed by atoms with E-state index in [0.29, 0.717) is 5.82 Å². The quantitative estimate of drug-likeness (QED) is 0.645. The molecule has 0 radical (unpaired) electrons. The molecule has 13 heavy (non-hydrogen) atoms. The van der Waals surface area contributed by atoms with Crippen LogP contribution in [0.2, 0.25) is 0 Å². The van der Waals surface area contributed by atoms with E-state index in [1.807, 2.05) is 20.8 Å². The Balaban J connectivity index is 2.71. The van der Waals surface area contributed by atoms with Crippen LogP contribution >= 0.6 is 0 Å². The maximum atomic E-state index is 5.00. The van der Waals surface area contributed by atoms with Crippen molar-refractivity contribution < 1.29 is 9.26 Å². The summed E-state index contributed by atoms with van der Waals surface area (Å²) < 4.78 is 9.77. The molecule has 1 aromatic heterocycles. The molecule has 0 N–H and O–H groups in total. The summed E-state index contributed by atoms with van der Waals surface area (Å²) in [4.78, 5) is 4.02. The van der Waals surface area contributed by atoms with Crippen molar-refractivity contribution in [3.05, 3.63) is 5.82 Å². The summed E-state index contributed by atoms with van der Waals surface area (Å²) in [5.41, 5.74) is -0.138. The fourth-order valence-corrected chi connectivity index (χ4v) is 0.676. The van der Waals surface area contributed by atoms with Gasteiger partial charge in [0.2, 0.25) is 0 Å². The SMILES string of the molecule is C#CCOc1nc(C(C)(C)C)no1. The van der Waals surface area contributed by atoms with Gasteiger partial charge in [-0.25, -0.2) is 0 Å². The highest BCUT2D eigenvalue weighted by Crippen LogP contribution is 2.20. The van der Waals surface area contributed by atoms with Crippen molar-refractivity contribution >= 4 is 0 Å². The summed E-state index contributed by atoms with van der Waals surface area (Å²) in [6.07, 6.45) is 5.13. The highest BCUT2D eigenvalue weighted by atomic mass is 16.6. The van der Waals surface area contributed by atoms with E-state index < -0.39 is 0 Å². The minimum Gasteiger partial charge on any atom is -0.436 e. The highest BCUT2D eigenvalue weighted by molar-refractivity contribution is 5.02. The molecular weight excluding hydrogens is 168 g/mol. The zero-order valence-electron chi connectivity index (χ0n) is 8.00. The van der Waals surface area contributed by atoms with Gasteiger partial charge in [-0.3, -0.25) is 4.52 Å². The summed E-state index contributed by atoms with van der Waals surface area (Å²) >= 11 is 0. The molecule has 0 spiro atoms. The molecule has 1 aromatic rings. The maximum absolute atomic E-state index is 5.00. The van der Waals surface area contributed by atoms with Crippen LogP contribution in [-0.4, -0.2) is 16.7 Å². The molecule has 0 aliphatic rings. The first kappa shape index (κ1) is 9.59. The second-order valence-electron chi connectivity index (χ2n) is 3.63. The molecule has 0 saturated heterocycles. The third-order valence-corrected chi connectivity index (χ3v) is 1.36. The Morgan fingerprint density at radius 1 is 1.54 bits per heavy atom. The van der Waals surface area contributed by atoms with Gasteiger partial charge in [-0.1, -0.05) is 31.8 Å². The molecule has 0 saturated carbocycles. The van der Waals surface area contributed by atoms with Crippen LogP contribution in [0.5, 0.6) is 6.08 Å². The first-order valence-corrected chi connectivity index (χ1v) is 3.94. The van der Waals surface area contributed by atoms with Crippen LogP contribution in [0.1, 0.15) is 26.6 Å². The summed E-state index contributed by atoms with van der Waals surface area (Å²) in [7, 11) is 0. The Kier molecular flexibility index (Phi) is 2.57. The monoisotopic (exact) mass is 180 g/mol. The van der Waals surface area contributed by atoms with Crippen LogP contribution in [0, 0.1) is 12.3 Å². The summed E-state index contributed by atoms with van der Waals surface area (Å²) in [5.74, 6) is 2.92. The number of hydrogen-bond acceptors (Lipinski definition) is 4. The molecule has 0 atom stereocenters. The maximum Gasteiger partial charge on any atom is 0.418 e. The standard InChI is InChI=1S/C9H12N2O2/c1-5-6-12-8-10-7(11-13-8)9(2,3)4/h1H,6H2,2-4H3. The van der Waals surface area contributed by atoms with Gasteiger partial charge in [-0.15, -0.1) is 6.42 Å². The lowest BCUT2D eigenvalue weighted by Gasteiger charge is -2.10. The van der Waals surface area contributed by atoms with Gasteiger partial charge < -0.3 is 4.74 Å². The lowest BCUT2D eigenvalue weighted by atomic mass is 9.96. The molecule has 0 bridgehead atoms. The largest absolute Gasteiger partial charge is 0.436 e. The number of rotatable bonds is 2. The van der Waals surface area contributed by atoms with Gasteiger partial charge >= 0.3 is 6.08 Å². The average Bonchev–Trinajstić information content (AvgIpc) is 2.47. The zero-order chi connectivity index (χ0) is 9.90. The van der Waals surface area contributed by atoms with Crippen LogP contribution in [0.3, 0.4) is 0 Å². The van der Waals surface area contributed by atoms with Crippen LogP contribution < -0.4 is 4.74 Å². The molecule has 0 amide bonds. The van der Waals surface area contributed by atoms with Gasteiger partial charge in [-0.05, 0) is 0 Å². The smallest absolute Gasteiger partial charge is 0.418 e. The summed E-state index contributed by atoms with van der Waals surface area (Å²) in [6, 6.07) is 0. The topological polar surface area (TPSA) is 48.2 Å². The van der Waals surface area contributed by atoms with Crippen molar-refractivity contribution in [2.75, 3.05) is 6.61 Å². The predicted octanol–water partition coefficient (Wildman–Crippen LogP) is 1.38. The van der Waals surface area contributed by atoms with Crippen molar-refractivity contribution in [3.63, 3.8) is 0 Å². The van der Waals surface area contributed by atoms with Crippen LogP contribution in [0.25, 0.3) is 0 Å². The molecule has 0 unspecified atom stereocenters. The molecule has 0 aliphatic heterocycles. The minimum absolute atomic E-state index is 0.128. The van der Waals surface area contributed by atoms with Crippen molar-refractivity contribution in [2.45, 2.75) is 26.2 Å². The van der Waals surface area contributed by atoms with E-state index in [2.05, 4.69) is 16.1 Å². The van der Waals surface area contributed by atoms with Gasteiger partial charge in [0.05, 0.1) is 0 Å². The van der Waals surface area contributed by atoms with E-state index in [-0.39, 0.29) is 18.1 Å². The van der Waals surface area contributed by atoms with E-state index in [1.54, 1.807) is 0 Å². The fraction of sp³-hybridized carbons (Fsp3) is 0.556. The van der Waals surface area contributed by atoms with Gasteiger partial charge in [0.15, 0.2) is 12.4 Å². The molecular formula is C9H12N2O2. The molecule has 4 nitrogen and oxygen atoms in total. The second-order valence-corrected chi connectivity index (χ2v) is 3.63. The molecule has 0 aromatic carbocycles. The van der Waals surface area contributed by atoms with Gasteiger partial charge in [-0.2, -0.15) is 4.98 Å². The van der Waals surface area contributed by atoms with E-state index in [9.17, 15) is 0 Å². The number of nitrogens with zero attached hydrogens (tertiary/aromatic N) is 2. The van der Waals surface area contributed by atoms with Crippen molar-refractivity contribution in [1.29, 1.82) is 0 Å². The van der Waals surface area contributed by atoms with Gasteiger partial charge in [0, 0.05) is 5.41 Å². The Bertz CT molecular complexity index is 317. The van der Waals surface area contributed by atoms with Crippen molar-refractivity contribution in [1.82, 2.24) is 10.1 Å². The Morgan fingerprint density at radius 2 is 2.23 bits per heavy atom. The third-order valence-electron chi connectivity index (χ3n) is 1.36. The number of hydrogen-bond donors (Lipinski definition) is 0. The summed E-state index contributed by atoms with van der Waals surface area (Å²) in [6.45, 7) is 6.11. The normalized spacial score (nSPS) is 10.9. The predicted molar refractivity (Wildman–Crippen MR) is 47.3 cm³/mol. The molecule has 1 rings (SSSR count). The fourth-order valence-electron chi connectivity index (χ4n) is 0.676. The van der Waals surface area contributed by atoms with Crippen LogP contribution in [0.4, 0.5) is 0 Å².